The normalized spacial score (nSPS) is 22.7. The minimum absolute atomic E-state index is 0.0794. The molecule has 0 radical (unpaired) electrons. The van der Waals surface area contributed by atoms with Gasteiger partial charge >= 0.3 is 5.97 Å². The van der Waals surface area contributed by atoms with Gasteiger partial charge in [-0.3, -0.25) is 14.3 Å². The molecular formula is C19H22ClN3O4. The number of amides is 1. The van der Waals surface area contributed by atoms with Gasteiger partial charge in [-0.2, -0.15) is 5.10 Å². The van der Waals surface area contributed by atoms with Crippen LogP contribution in [0.5, 0.6) is 0 Å². The number of halogens is 1. The summed E-state index contributed by atoms with van der Waals surface area (Å²) in [5, 5.41) is 25.0. The van der Waals surface area contributed by atoms with Crippen molar-refractivity contribution in [3.63, 3.8) is 0 Å². The number of carbonyl (C=O) groups is 2. The SMILES string of the molecule is Cc1c(Cl)c(C(=O)N2CC[C@](Cc3ccccc3)(C(=O)O)[C@@H](O)C2)nn1C. The van der Waals surface area contributed by atoms with Gasteiger partial charge in [0.2, 0.25) is 0 Å². The van der Waals surface area contributed by atoms with Gasteiger partial charge in [0.25, 0.3) is 5.91 Å². The predicted octanol–water partition coefficient (Wildman–Crippen LogP) is 1.90. The van der Waals surface area contributed by atoms with Crippen LogP contribution in [0.3, 0.4) is 0 Å². The summed E-state index contributed by atoms with van der Waals surface area (Å²) in [7, 11) is 1.69. The van der Waals surface area contributed by atoms with Crippen molar-refractivity contribution in [3.05, 3.63) is 52.3 Å². The number of aromatic nitrogens is 2. The van der Waals surface area contributed by atoms with Crippen LogP contribution in [0, 0.1) is 12.3 Å². The zero-order valence-electron chi connectivity index (χ0n) is 15.2. The first-order chi connectivity index (χ1) is 12.8. The molecule has 2 N–H and O–H groups in total. The van der Waals surface area contributed by atoms with Gasteiger partial charge in [-0.25, -0.2) is 0 Å². The lowest BCUT2D eigenvalue weighted by molar-refractivity contribution is -0.161. The second-order valence-corrected chi connectivity index (χ2v) is 7.39. The summed E-state index contributed by atoms with van der Waals surface area (Å²) in [5.74, 6) is -1.46. The number of likely N-dealkylation sites (tertiary alicyclic amines) is 1. The molecule has 1 aromatic heterocycles. The van der Waals surface area contributed by atoms with E-state index in [1.165, 1.54) is 9.58 Å². The Morgan fingerprint density at radius 3 is 2.52 bits per heavy atom. The highest BCUT2D eigenvalue weighted by molar-refractivity contribution is 6.34. The molecule has 1 fully saturated rings. The molecule has 2 heterocycles. The number of hydrogen-bond acceptors (Lipinski definition) is 4. The summed E-state index contributed by atoms with van der Waals surface area (Å²) in [6.45, 7) is 1.89. The maximum atomic E-state index is 12.8. The molecule has 1 aromatic carbocycles. The maximum absolute atomic E-state index is 12.8. The monoisotopic (exact) mass is 391 g/mol. The number of nitrogens with zero attached hydrogens (tertiary/aromatic N) is 3. The minimum Gasteiger partial charge on any atom is -0.481 e. The standard InChI is InChI=1S/C19H22ClN3O4/c1-12-15(20)16(21-22(12)2)17(25)23-9-8-19(18(26)27,14(24)11-23)10-13-6-4-3-5-7-13/h3-7,14,24H,8-11H2,1-2H3,(H,26,27)/t14-,19+/m0/s1. The second-order valence-electron chi connectivity index (χ2n) is 7.01. The number of benzene rings is 1. The van der Waals surface area contributed by atoms with Crippen LogP contribution in [-0.2, 0) is 18.3 Å². The molecule has 2 aromatic rings. The smallest absolute Gasteiger partial charge is 0.312 e. The lowest BCUT2D eigenvalue weighted by atomic mass is 9.71. The quantitative estimate of drug-likeness (QED) is 0.829. The molecule has 2 atom stereocenters. The predicted molar refractivity (Wildman–Crippen MR) is 99.7 cm³/mol. The second kappa shape index (κ2) is 7.32. The van der Waals surface area contributed by atoms with E-state index in [0.29, 0.717) is 5.69 Å². The van der Waals surface area contributed by atoms with E-state index < -0.39 is 23.4 Å². The van der Waals surface area contributed by atoms with Gasteiger partial charge in [-0.05, 0) is 25.3 Å². The Balaban J connectivity index is 1.81. The summed E-state index contributed by atoms with van der Waals surface area (Å²) in [6.07, 6.45) is -0.847. The Morgan fingerprint density at radius 2 is 2.00 bits per heavy atom. The van der Waals surface area contributed by atoms with E-state index in [4.69, 9.17) is 11.6 Å². The Hall–Kier alpha value is -2.38. The van der Waals surface area contributed by atoms with Crippen molar-refractivity contribution in [3.8, 4) is 0 Å². The largest absolute Gasteiger partial charge is 0.481 e. The fourth-order valence-corrected chi connectivity index (χ4v) is 3.76. The van der Waals surface area contributed by atoms with Crippen molar-refractivity contribution in [2.45, 2.75) is 25.9 Å². The van der Waals surface area contributed by atoms with Crippen LogP contribution in [0.1, 0.15) is 28.2 Å². The first kappa shape index (κ1) is 19.4. The number of carboxylic acid groups (broad SMARTS) is 1. The number of aliphatic carboxylic acids is 1. The van der Waals surface area contributed by atoms with E-state index >= 15 is 0 Å². The number of carbonyl (C=O) groups excluding carboxylic acids is 1. The summed E-state index contributed by atoms with van der Waals surface area (Å²) in [6, 6.07) is 9.20. The third-order valence-electron chi connectivity index (χ3n) is 5.40. The molecule has 1 aliphatic heterocycles. The highest BCUT2D eigenvalue weighted by atomic mass is 35.5. The fraction of sp³-hybridized carbons (Fsp3) is 0.421. The van der Waals surface area contributed by atoms with E-state index in [2.05, 4.69) is 5.10 Å². The van der Waals surface area contributed by atoms with Crippen molar-refractivity contribution >= 4 is 23.5 Å². The first-order valence-corrected chi connectivity index (χ1v) is 9.08. The van der Waals surface area contributed by atoms with Gasteiger partial charge in [-0.1, -0.05) is 41.9 Å². The van der Waals surface area contributed by atoms with Crippen molar-refractivity contribution < 1.29 is 19.8 Å². The van der Waals surface area contributed by atoms with E-state index in [0.717, 1.165) is 5.56 Å². The lowest BCUT2D eigenvalue weighted by Gasteiger charge is -2.42. The number of hydrogen-bond donors (Lipinski definition) is 2. The summed E-state index contributed by atoms with van der Waals surface area (Å²) in [5.41, 5.74) is 0.292. The summed E-state index contributed by atoms with van der Waals surface area (Å²) < 4.78 is 1.52. The molecule has 0 saturated carbocycles. The van der Waals surface area contributed by atoms with Crippen LogP contribution in [0.25, 0.3) is 0 Å². The third-order valence-corrected chi connectivity index (χ3v) is 5.85. The number of β-amino-alcohol motifs (C(OH)–C–C–N with tert-alkyl or cyclic N) is 1. The zero-order valence-corrected chi connectivity index (χ0v) is 16.0. The Kier molecular flexibility index (Phi) is 5.26. The molecular weight excluding hydrogens is 370 g/mol. The Labute approximate surface area is 162 Å². The molecule has 27 heavy (non-hydrogen) atoms. The number of aliphatic hydroxyl groups is 1. The molecule has 144 valence electrons. The van der Waals surface area contributed by atoms with Crippen LogP contribution in [0.15, 0.2) is 30.3 Å². The first-order valence-electron chi connectivity index (χ1n) is 8.70. The van der Waals surface area contributed by atoms with Gasteiger partial charge in [0, 0.05) is 20.1 Å². The number of rotatable bonds is 4. The molecule has 7 nitrogen and oxygen atoms in total. The number of carboxylic acids is 1. The average molecular weight is 392 g/mol. The maximum Gasteiger partial charge on any atom is 0.312 e. The molecule has 1 amide bonds. The van der Waals surface area contributed by atoms with Crippen molar-refractivity contribution in [1.29, 1.82) is 0 Å². The fourth-order valence-electron chi connectivity index (χ4n) is 3.52. The highest BCUT2D eigenvalue weighted by Gasteiger charge is 2.49. The van der Waals surface area contributed by atoms with Crippen LogP contribution in [-0.4, -0.2) is 56.0 Å². The zero-order chi connectivity index (χ0) is 19.8. The van der Waals surface area contributed by atoms with Gasteiger partial charge in [0.05, 0.1) is 16.8 Å². The lowest BCUT2D eigenvalue weighted by Crippen LogP contribution is -2.57. The molecule has 3 rings (SSSR count). The number of piperidine rings is 1. The molecule has 1 aliphatic rings. The van der Waals surface area contributed by atoms with Gasteiger partial charge < -0.3 is 15.1 Å². The highest BCUT2D eigenvalue weighted by Crippen LogP contribution is 2.36. The van der Waals surface area contributed by atoms with Gasteiger partial charge in [0.1, 0.15) is 5.41 Å². The molecule has 0 spiro atoms. The summed E-state index contributed by atoms with van der Waals surface area (Å²) in [4.78, 5) is 26.2. The van der Waals surface area contributed by atoms with Crippen molar-refractivity contribution in [2.24, 2.45) is 12.5 Å². The van der Waals surface area contributed by atoms with Crippen molar-refractivity contribution in [1.82, 2.24) is 14.7 Å². The Bertz CT molecular complexity index is 867. The summed E-state index contributed by atoms with van der Waals surface area (Å²) >= 11 is 6.19. The third kappa shape index (κ3) is 3.44. The van der Waals surface area contributed by atoms with Gasteiger partial charge in [0.15, 0.2) is 5.69 Å². The molecule has 0 unspecified atom stereocenters. The van der Waals surface area contributed by atoms with Crippen LogP contribution in [0.2, 0.25) is 5.02 Å². The topological polar surface area (TPSA) is 95.7 Å². The van der Waals surface area contributed by atoms with E-state index in [-0.39, 0.29) is 36.6 Å². The van der Waals surface area contributed by atoms with E-state index in [9.17, 15) is 19.8 Å². The van der Waals surface area contributed by atoms with Crippen LogP contribution in [0.4, 0.5) is 0 Å². The Morgan fingerprint density at radius 1 is 1.33 bits per heavy atom. The van der Waals surface area contributed by atoms with Crippen molar-refractivity contribution in [2.75, 3.05) is 13.1 Å². The molecule has 1 saturated heterocycles. The minimum atomic E-state index is -1.33. The van der Waals surface area contributed by atoms with Gasteiger partial charge in [-0.15, -0.1) is 0 Å². The van der Waals surface area contributed by atoms with E-state index in [1.54, 1.807) is 14.0 Å². The van der Waals surface area contributed by atoms with Crippen LogP contribution >= 0.6 is 11.6 Å². The average Bonchev–Trinajstić information content (AvgIpc) is 2.91. The van der Waals surface area contributed by atoms with E-state index in [1.807, 2.05) is 30.3 Å². The number of aliphatic hydroxyl groups excluding tert-OH is 1. The van der Waals surface area contributed by atoms with Crippen LogP contribution < -0.4 is 0 Å². The molecule has 8 heteroatoms. The molecule has 0 aliphatic carbocycles. The molecule has 0 bridgehead atoms. The number of aryl methyl sites for hydroxylation is 1.